The van der Waals surface area contributed by atoms with Gasteiger partial charge < -0.3 is 10.3 Å². The summed E-state index contributed by atoms with van der Waals surface area (Å²) >= 11 is 0. The number of nitrogens with two attached hydrogens (primary N) is 1. The van der Waals surface area contributed by atoms with Crippen molar-refractivity contribution in [2.24, 2.45) is 5.84 Å². The number of aromatic nitrogens is 2. The molecule has 3 N–H and O–H groups in total. The Morgan fingerprint density at radius 2 is 2.00 bits per heavy atom. The van der Waals surface area contributed by atoms with Gasteiger partial charge in [-0.25, -0.2) is 15.8 Å². The highest BCUT2D eigenvalue weighted by atomic mass is 15.3. The van der Waals surface area contributed by atoms with Crippen molar-refractivity contribution < 1.29 is 0 Å². The number of hydrogen-bond acceptors (Lipinski definition) is 5. The van der Waals surface area contributed by atoms with Crippen LogP contribution in [0.4, 0.5) is 11.6 Å². The molecule has 0 aliphatic carbocycles. The van der Waals surface area contributed by atoms with E-state index in [4.69, 9.17) is 10.8 Å². The molecule has 0 aromatic carbocycles. The lowest BCUT2D eigenvalue weighted by Crippen LogP contribution is -2.39. The molecule has 0 spiro atoms. The second-order valence-corrected chi connectivity index (χ2v) is 6.90. The SMILES string of the molecule is CC(C)(C)c1nc(NN)cc(N2CCCC2(C)C)n1. The summed E-state index contributed by atoms with van der Waals surface area (Å²) in [6.07, 6.45) is 2.39. The van der Waals surface area contributed by atoms with Gasteiger partial charge in [0, 0.05) is 23.6 Å². The summed E-state index contributed by atoms with van der Waals surface area (Å²) in [4.78, 5) is 11.6. The van der Waals surface area contributed by atoms with Crippen molar-refractivity contribution in [2.45, 2.75) is 58.4 Å². The molecular formula is C14H25N5. The number of hydrazine groups is 1. The minimum absolute atomic E-state index is 0.0918. The predicted octanol–water partition coefficient (Wildman–Crippen LogP) is 2.44. The monoisotopic (exact) mass is 263 g/mol. The van der Waals surface area contributed by atoms with E-state index in [1.54, 1.807) is 0 Å². The van der Waals surface area contributed by atoms with Gasteiger partial charge in [-0.2, -0.15) is 0 Å². The Bertz CT molecular complexity index is 461. The van der Waals surface area contributed by atoms with Crippen LogP contribution in [0.2, 0.25) is 0 Å². The second kappa shape index (κ2) is 4.63. The molecule has 1 aliphatic heterocycles. The Balaban J connectivity index is 2.46. The molecule has 5 nitrogen and oxygen atoms in total. The van der Waals surface area contributed by atoms with E-state index in [0.717, 1.165) is 18.2 Å². The Morgan fingerprint density at radius 1 is 1.32 bits per heavy atom. The summed E-state index contributed by atoms with van der Waals surface area (Å²) in [7, 11) is 0. The fourth-order valence-corrected chi connectivity index (χ4v) is 2.51. The highest BCUT2D eigenvalue weighted by Crippen LogP contribution is 2.34. The first-order chi connectivity index (χ1) is 8.74. The Morgan fingerprint density at radius 3 is 2.47 bits per heavy atom. The van der Waals surface area contributed by atoms with Crippen molar-refractivity contribution in [1.82, 2.24) is 9.97 Å². The molecule has 19 heavy (non-hydrogen) atoms. The molecule has 0 saturated carbocycles. The first-order valence-electron chi connectivity index (χ1n) is 6.88. The van der Waals surface area contributed by atoms with Gasteiger partial charge in [0.1, 0.15) is 17.5 Å². The van der Waals surface area contributed by atoms with Gasteiger partial charge in [0.05, 0.1) is 0 Å². The standard InChI is InChI=1S/C14H25N5/c1-13(2,3)12-16-10(18-15)9-11(17-12)19-8-6-7-14(19,4)5/h9H,6-8,15H2,1-5H3,(H,16,17,18). The fourth-order valence-electron chi connectivity index (χ4n) is 2.51. The maximum Gasteiger partial charge on any atom is 0.145 e. The van der Waals surface area contributed by atoms with E-state index in [9.17, 15) is 0 Å². The summed E-state index contributed by atoms with van der Waals surface area (Å²) in [6.45, 7) is 11.9. The maximum atomic E-state index is 5.54. The molecule has 0 amide bonds. The van der Waals surface area contributed by atoms with Crippen LogP contribution < -0.4 is 16.2 Å². The summed E-state index contributed by atoms with van der Waals surface area (Å²) in [5, 5.41) is 0. The molecule has 1 aromatic rings. The molecule has 1 saturated heterocycles. The molecule has 1 fully saturated rings. The third-order valence-corrected chi connectivity index (χ3v) is 3.71. The van der Waals surface area contributed by atoms with Crippen molar-refractivity contribution >= 4 is 11.6 Å². The van der Waals surface area contributed by atoms with Crippen LogP contribution >= 0.6 is 0 Å². The highest BCUT2D eigenvalue weighted by molar-refractivity contribution is 5.51. The van der Waals surface area contributed by atoms with Crippen LogP contribution in [0.3, 0.4) is 0 Å². The smallest absolute Gasteiger partial charge is 0.145 e. The van der Waals surface area contributed by atoms with Crippen molar-refractivity contribution in [3.63, 3.8) is 0 Å². The van der Waals surface area contributed by atoms with Crippen LogP contribution in [0, 0.1) is 0 Å². The van der Waals surface area contributed by atoms with Crippen molar-refractivity contribution in [3.8, 4) is 0 Å². The molecule has 1 aliphatic rings. The number of nitrogens with one attached hydrogen (secondary N) is 1. The average Bonchev–Trinajstić information content (AvgIpc) is 2.67. The third-order valence-electron chi connectivity index (χ3n) is 3.71. The zero-order valence-electron chi connectivity index (χ0n) is 12.6. The first kappa shape index (κ1) is 14.1. The molecule has 106 valence electrons. The number of rotatable bonds is 2. The quantitative estimate of drug-likeness (QED) is 0.633. The largest absolute Gasteiger partial charge is 0.351 e. The van der Waals surface area contributed by atoms with Gasteiger partial charge in [-0.15, -0.1) is 0 Å². The van der Waals surface area contributed by atoms with Crippen molar-refractivity contribution in [2.75, 3.05) is 16.9 Å². The van der Waals surface area contributed by atoms with Gasteiger partial charge in [0.25, 0.3) is 0 Å². The molecule has 0 bridgehead atoms. The van der Waals surface area contributed by atoms with E-state index in [0.29, 0.717) is 5.82 Å². The summed E-state index contributed by atoms with van der Waals surface area (Å²) in [6, 6.07) is 1.93. The van der Waals surface area contributed by atoms with Gasteiger partial charge in [0.15, 0.2) is 0 Å². The third kappa shape index (κ3) is 2.81. The average molecular weight is 263 g/mol. The Kier molecular flexibility index (Phi) is 3.43. The summed E-state index contributed by atoms with van der Waals surface area (Å²) < 4.78 is 0. The molecule has 0 radical (unpaired) electrons. The second-order valence-electron chi connectivity index (χ2n) is 6.90. The van der Waals surface area contributed by atoms with E-state index >= 15 is 0 Å². The summed E-state index contributed by atoms with van der Waals surface area (Å²) in [5.74, 6) is 8.00. The van der Waals surface area contributed by atoms with Gasteiger partial charge in [-0.3, -0.25) is 0 Å². The van der Waals surface area contributed by atoms with E-state index in [-0.39, 0.29) is 11.0 Å². The van der Waals surface area contributed by atoms with Crippen LogP contribution in [0.15, 0.2) is 6.07 Å². The molecule has 0 unspecified atom stereocenters. The van der Waals surface area contributed by atoms with E-state index in [1.807, 2.05) is 6.07 Å². The Hall–Kier alpha value is -1.36. The molecule has 1 aromatic heterocycles. The van der Waals surface area contributed by atoms with E-state index < -0.39 is 0 Å². The van der Waals surface area contributed by atoms with Gasteiger partial charge in [-0.1, -0.05) is 20.8 Å². The van der Waals surface area contributed by atoms with E-state index in [1.165, 1.54) is 12.8 Å². The maximum absolute atomic E-state index is 5.54. The molecule has 5 heteroatoms. The van der Waals surface area contributed by atoms with Crippen molar-refractivity contribution in [3.05, 3.63) is 11.9 Å². The zero-order chi connectivity index (χ0) is 14.3. The minimum Gasteiger partial charge on any atom is -0.351 e. The Labute approximate surface area is 115 Å². The lowest BCUT2D eigenvalue weighted by molar-refractivity contribution is 0.506. The van der Waals surface area contributed by atoms with Crippen LogP contribution in [0.1, 0.15) is 53.3 Å². The van der Waals surface area contributed by atoms with Gasteiger partial charge in [0.2, 0.25) is 0 Å². The number of nitrogens with zero attached hydrogens (tertiary/aromatic N) is 3. The number of nitrogen functional groups attached to an aromatic ring is 1. The fraction of sp³-hybridized carbons (Fsp3) is 0.714. The normalized spacial score (nSPS) is 18.7. The topological polar surface area (TPSA) is 67.1 Å². The number of anilines is 2. The molecule has 0 atom stereocenters. The van der Waals surface area contributed by atoms with Crippen molar-refractivity contribution in [1.29, 1.82) is 0 Å². The van der Waals surface area contributed by atoms with Crippen LogP contribution in [0.25, 0.3) is 0 Å². The van der Waals surface area contributed by atoms with E-state index in [2.05, 4.69) is 49.9 Å². The molecular weight excluding hydrogens is 238 g/mol. The predicted molar refractivity (Wildman–Crippen MR) is 79.2 cm³/mol. The van der Waals surface area contributed by atoms with Crippen LogP contribution in [-0.4, -0.2) is 22.1 Å². The number of hydrogen-bond donors (Lipinski definition) is 2. The van der Waals surface area contributed by atoms with Crippen LogP contribution in [-0.2, 0) is 5.41 Å². The lowest BCUT2D eigenvalue weighted by Gasteiger charge is -2.33. The first-order valence-corrected chi connectivity index (χ1v) is 6.88. The van der Waals surface area contributed by atoms with Crippen LogP contribution in [0.5, 0.6) is 0 Å². The summed E-state index contributed by atoms with van der Waals surface area (Å²) in [5.41, 5.74) is 2.71. The van der Waals surface area contributed by atoms with Gasteiger partial charge >= 0.3 is 0 Å². The zero-order valence-corrected chi connectivity index (χ0v) is 12.6. The van der Waals surface area contributed by atoms with Gasteiger partial charge in [-0.05, 0) is 26.7 Å². The molecule has 2 heterocycles. The highest BCUT2D eigenvalue weighted by Gasteiger charge is 2.33. The molecule has 2 rings (SSSR count). The lowest BCUT2D eigenvalue weighted by atomic mass is 9.95. The minimum atomic E-state index is -0.0918.